The smallest absolute Gasteiger partial charge is 0.318 e. The van der Waals surface area contributed by atoms with Gasteiger partial charge in [0.05, 0.1) is 37.2 Å². The van der Waals surface area contributed by atoms with Crippen molar-refractivity contribution < 1.29 is 23.8 Å². The molecule has 2 fully saturated rings. The number of nitrogens with zero attached hydrogens (tertiary/aromatic N) is 4. The van der Waals surface area contributed by atoms with Gasteiger partial charge in [-0.3, -0.25) is 4.79 Å². The molecule has 0 unspecified atom stereocenters. The number of aromatic hydroxyl groups is 1. The first kappa shape index (κ1) is 25.8. The molecule has 3 aromatic rings. The minimum absolute atomic E-state index is 0.0139. The fourth-order valence-electron chi connectivity index (χ4n) is 5.87. The molecule has 1 amide bonds. The molecule has 6 rings (SSSR count). The lowest BCUT2D eigenvalue weighted by Crippen LogP contribution is -2.45. The number of fused-ring (bicyclic) bond motifs is 2. The van der Waals surface area contributed by atoms with Crippen molar-refractivity contribution in [2.75, 3.05) is 49.3 Å². The van der Waals surface area contributed by atoms with Crippen molar-refractivity contribution in [2.24, 2.45) is 0 Å². The van der Waals surface area contributed by atoms with Crippen LogP contribution in [0, 0.1) is 5.82 Å². The zero-order valence-electron chi connectivity index (χ0n) is 22.2. The number of carbonyl (C=O) groups is 1. The van der Waals surface area contributed by atoms with Crippen LogP contribution in [0.25, 0.3) is 10.8 Å². The van der Waals surface area contributed by atoms with Gasteiger partial charge in [0.1, 0.15) is 29.6 Å². The summed E-state index contributed by atoms with van der Waals surface area (Å²) in [6.07, 6.45) is 4.77. The first-order valence-corrected chi connectivity index (χ1v) is 13.9. The van der Waals surface area contributed by atoms with Crippen LogP contribution in [0.2, 0.25) is 0 Å². The average Bonchev–Trinajstić information content (AvgIpc) is 3.10. The molecule has 2 saturated heterocycles. The fourth-order valence-corrected chi connectivity index (χ4v) is 5.87. The summed E-state index contributed by atoms with van der Waals surface area (Å²) in [7, 11) is 0. The van der Waals surface area contributed by atoms with Crippen LogP contribution in [-0.2, 0) is 17.7 Å². The van der Waals surface area contributed by atoms with E-state index in [1.54, 1.807) is 17.0 Å². The number of hydrogen-bond acceptors (Lipinski definition) is 8. The van der Waals surface area contributed by atoms with E-state index in [2.05, 4.69) is 15.2 Å². The van der Waals surface area contributed by atoms with E-state index in [9.17, 15) is 14.3 Å². The van der Waals surface area contributed by atoms with Gasteiger partial charge < -0.3 is 29.7 Å². The third-order valence-corrected chi connectivity index (χ3v) is 7.81. The van der Waals surface area contributed by atoms with Gasteiger partial charge in [-0.15, -0.1) is 0 Å². The molecule has 3 aliphatic rings. The maximum atomic E-state index is 14.9. The lowest BCUT2D eigenvalue weighted by atomic mass is 9.99. The van der Waals surface area contributed by atoms with Crippen LogP contribution >= 0.6 is 0 Å². The zero-order valence-corrected chi connectivity index (χ0v) is 22.2. The second-order valence-corrected chi connectivity index (χ2v) is 10.4. The summed E-state index contributed by atoms with van der Waals surface area (Å²) in [5.74, 6) is 0.0158. The number of nitrogens with one attached hydrogen (secondary N) is 1. The van der Waals surface area contributed by atoms with E-state index >= 15 is 0 Å². The van der Waals surface area contributed by atoms with Gasteiger partial charge in [0.2, 0.25) is 0 Å². The minimum atomic E-state index is -0.331. The molecule has 0 bridgehead atoms. The van der Waals surface area contributed by atoms with E-state index in [0.717, 1.165) is 45.3 Å². The molecular weight excluding hydrogens is 501 g/mol. The molecule has 1 atom stereocenters. The highest BCUT2D eigenvalue weighted by Gasteiger charge is 2.37. The number of phenols is 1. The van der Waals surface area contributed by atoms with E-state index in [-0.39, 0.29) is 36.1 Å². The summed E-state index contributed by atoms with van der Waals surface area (Å²) in [4.78, 5) is 27.3. The van der Waals surface area contributed by atoms with Gasteiger partial charge in [0.25, 0.3) is 5.91 Å². The molecule has 0 spiro atoms. The number of ether oxygens (including phenoxy) is 2. The Bertz CT molecular complexity index is 1390. The fraction of sp³-hybridized carbons (Fsp3) is 0.483. The van der Waals surface area contributed by atoms with Crippen molar-refractivity contribution in [1.82, 2.24) is 15.3 Å². The molecule has 4 heterocycles. The van der Waals surface area contributed by atoms with Crippen LogP contribution in [0.3, 0.4) is 0 Å². The Morgan fingerprint density at radius 2 is 2.00 bits per heavy atom. The summed E-state index contributed by atoms with van der Waals surface area (Å²) in [5, 5.41) is 15.2. The summed E-state index contributed by atoms with van der Waals surface area (Å²) >= 11 is 0. The highest BCUT2D eigenvalue weighted by molar-refractivity contribution is 6.16. The van der Waals surface area contributed by atoms with Crippen molar-refractivity contribution in [1.29, 1.82) is 0 Å². The number of carbonyl (C=O) groups excluding carboxylic acids is 1. The topological polar surface area (TPSA) is 100 Å². The number of phenolic OH excluding ortho intramolecular Hbond substituents is 1. The number of morpholine rings is 1. The standard InChI is InChI=1S/C29H34FN5O4/c1-2-21-22(30)8-7-18-13-20(36)14-24(25(18)21)35-15-23-26(28(35)37)27(34-10-5-3-4-6-11-34)33-29(32-23)39-17-19-16-38-12-9-31-19/h7-8,13-14,19,31,36H,2-6,9-12,15-17H2,1H3/t19-/m0/s1. The molecule has 2 N–H and O–H groups in total. The molecular formula is C29H34FN5O4. The Morgan fingerprint density at radius 1 is 1.18 bits per heavy atom. The molecule has 0 radical (unpaired) electrons. The van der Waals surface area contributed by atoms with E-state index in [0.29, 0.717) is 65.3 Å². The van der Waals surface area contributed by atoms with Gasteiger partial charge >= 0.3 is 6.01 Å². The monoisotopic (exact) mass is 535 g/mol. The highest BCUT2D eigenvalue weighted by atomic mass is 19.1. The third-order valence-electron chi connectivity index (χ3n) is 7.81. The molecule has 0 aliphatic carbocycles. The Hall–Kier alpha value is -3.50. The number of aromatic nitrogens is 2. The molecule has 206 valence electrons. The zero-order chi connectivity index (χ0) is 26.9. The van der Waals surface area contributed by atoms with Crippen molar-refractivity contribution in [3.05, 3.63) is 46.9 Å². The first-order chi connectivity index (χ1) is 19.0. The number of benzene rings is 2. The second-order valence-electron chi connectivity index (χ2n) is 10.4. The number of hydrogen-bond donors (Lipinski definition) is 2. The number of rotatable bonds is 6. The van der Waals surface area contributed by atoms with E-state index in [1.165, 1.54) is 12.1 Å². The second kappa shape index (κ2) is 10.9. The number of anilines is 2. The average molecular weight is 536 g/mol. The number of amides is 1. The predicted octanol–water partition coefficient (Wildman–Crippen LogP) is 3.94. The SMILES string of the molecule is CCc1c(F)ccc2cc(O)cc(N3Cc4nc(OC[C@@H]5COCCN5)nc(N5CCCCCC5)c4C3=O)c12. The molecule has 10 heteroatoms. The molecule has 1 aromatic heterocycles. The molecule has 39 heavy (non-hydrogen) atoms. The lowest BCUT2D eigenvalue weighted by molar-refractivity contribution is 0.0576. The number of halogens is 1. The van der Waals surface area contributed by atoms with Crippen LogP contribution in [0.1, 0.15) is 54.2 Å². The molecule has 3 aliphatic heterocycles. The number of aryl methyl sites for hydroxylation is 1. The van der Waals surface area contributed by atoms with Gasteiger partial charge in [-0.05, 0) is 42.3 Å². The highest BCUT2D eigenvalue weighted by Crippen LogP contribution is 2.41. The Kier molecular flexibility index (Phi) is 7.22. The summed E-state index contributed by atoms with van der Waals surface area (Å²) in [6.45, 7) is 6.01. The summed E-state index contributed by atoms with van der Waals surface area (Å²) < 4.78 is 26.4. The van der Waals surface area contributed by atoms with E-state index < -0.39 is 0 Å². The van der Waals surface area contributed by atoms with Crippen LogP contribution in [-0.4, -0.2) is 66.5 Å². The maximum absolute atomic E-state index is 14.9. The summed E-state index contributed by atoms with van der Waals surface area (Å²) in [6, 6.07) is 6.45. The van der Waals surface area contributed by atoms with Crippen LogP contribution in [0.4, 0.5) is 15.9 Å². The van der Waals surface area contributed by atoms with Crippen molar-refractivity contribution in [3.63, 3.8) is 0 Å². The predicted molar refractivity (Wildman–Crippen MR) is 146 cm³/mol. The van der Waals surface area contributed by atoms with Crippen LogP contribution in [0.15, 0.2) is 24.3 Å². The first-order valence-electron chi connectivity index (χ1n) is 13.9. The van der Waals surface area contributed by atoms with Gasteiger partial charge in [0, 0.05) is 31.1 Å². The summed E-state index contributed by atoms with van der Waals surface area (Å²) in [5.41, 5.74) is 2.01. The van der Waals surface area contributed by atoms with Crippen molar-refractivity contribution in [3.8, 4) is 11.8 Å². The van der Waals surface area contributed by atoms with Gasteiger partial charge in [-0.2, -0.15) is 9.97 Å². The Balaban J connectivity index is 1.41. The lowest BCUT2D eigenvalue weighted by Gasteiger charge is -2.25. The van der Waals surface area contributed by atoms with Crippen molar-refractivity contribution >= 4 is 28.2 Å². The third kappa shape index (κ3) is 4.98. The maximum Gasteiger partial charge on any atom is 0.318 e. The van der Waals surface area contributed by atoms with Gasteiger partial charge in [-0.25, -0.2) is 4.39 Å². The van der Waals surface area contributed by atoms with E-state index in [1.807, 2.05) is 6.92 Å². The Morgan fingerprint density at radius 3 is 2.74 bits per heavy atom. The normalized spacial score (nSPS) is 19.8. The quantitative estimate of drug-likeness (QED) is 0.490. The molecule has 9 nitrogen and oxygen atoms in total. The van der Waals surface area contributed by atoms with Crippen molar-refractivity contribution in [2.45, 2.75) is 51.6 Å². The molecule has 2 aromatic carbocycles. The largest absolute Gasteiger partial charge is 0.508 e. The van der Waals surface area contributed by atoms with E-state index in [4.69, 9.17) is 14.5 Å². The molecule has 0 saturated carbocycles. The van der Waals surface area contributed by atoms with Crippen LogP contribution < -0.4 is 19.9 Å². The Labute approximate surface area is 226 Å². The van der Waals surface area contributed by atoms with Crippen LogP contribution in [0.5, 0.6) is 11.8 Å². The van der Waals surface area contributed by atoms with Gasteiger partial charge in [-0.1, -0.05) is 25.8 Å². The van der Waals surface area contributed by atoms with Gasteiger partial charge in [0.15, 0.2) is 0 Å². The minimum Gasteiger partial charge on any atom is -0.508 e.